The van der Waals surface area contributed by atoms with E-state index < -0.39 is 16.0 Å². The Bertz CT molecular complexity index is 976. The number of carbonyl (C=O) groups excluding carboxylic acids is 1. The third kappa shape index (κ3) is 5.07. The molecule has 0 radical (unpaired) electrons. The summed E-state index contributed by atoms with van der Waals surface area (Å²) < 4.78 is 36.0. The number of amides is 1. The molecule has 0 unspecified atom stereocenters. The van der Waals surface area contributed by atoms with Crippen LogP contribution in [0.15, 0.2) is 65.2 Å². The van der Waals surface area contributed by atoms with Crippen molar-refractivity contribution in [3.63, 3.8) is 0 Å². The molecule has 0 atom stereocenters. The Morgan fingerprint density at radius 2 is 1.88 bits per heavy atom. The van der Waals surface area contributed by atoms with Crippen molar-refractivity contribution in [3.8, 4) is 11.8 Å². The van der Waals surface area contributed by atoms with Crippen molar-refractivity contribution in [3.05, 3.63) is 60.3 Å². The van der Waals surface area contributed by atoms with Crippen molar-refractivity contribution in [1.82, 2.24) is 0 Å². The SMILES string of the molecule is COc1cccc(N/C=C(/C#N)C(=O)Nc2ccc(S(=O)(=O)O)cc2)c1. The number of anilines is 2. The molecule has 0 aromatic heterocycles. The Morgan fingerprint density at radius 1 is 1.19 bits per heavy atom. The number of rotatable bonds is 6. The molecule has 0 saturated carbocycles. The lowest BCUT2D eigenvalue weighted by Crippen LogP contribution is -2.14. The van der Waals surface area contributed by atoms with Gasteiger partial charge in [-0.25, -0.2) is 0 Å². The lowest BCUT2D eigenvalue weighted by atomic mass is 10.2. The second-order valence-corrected chi connectivity index (χ2v) is 6.42. The van der Waals surface area contributed by atoms with E-state index in [1.165, 1.54) is 25.4 Å². The molecule has 2 rings (SSSR count). The Morgan fingerprint density at radius 3 is 2.46 bits per heavy atom. The number of benzene rings is 2. The van der Waals surface area contributed by atoms with Crippen molar-refractivity contribution in [2.24, 2.45) is 0 Å². The standard InChI is InChI=1S/C17H15N3O5S/c1-25-15-4-2-3-14(9-15)19-11-12(10-18)17(21)20-13-5-7-16(8-6-13)26(22,23)24/h2-9,11,19H,1H3,(H,20,21)(H,22,23,24)/b12-11-. The average molecular weight is 373 g/mol. The van der Waals surface area contributed by atoms with Crippen molar-refractivity contribution in [1.29, 1.82) is 5.26 Å². The van der Waals surface area contributed by atoms with Gasteiger partial charge >= 0.3 is 0 Å². The van der Waals surface area contributed by atoms with Gasteiger partial charge in [-0.15, -0.1) is 0 Å². The fraction of sp³-hybridized carbons (Fsp3) is 0.0588. The quantitative estimate of drug-likeness (QED) is 0.403. The molecular weight excluding hydrogens is 358 g/mol. The van der Waals surface area contributed by atoms with Crippen LogP contribution in [0.2, 0.25) is 0 Å². The molecule has 0 aliphatic rings. The van der Waals surface area contributed by atoms with Gasteiger partial charge in [0, 0.05) is 23.6 Å². The molecule has 26 heavy (non-hydrogen) atoms. The molecule has 0 aliphatic heterocycles. The van der Waals surface area contributed by atoms with E-state index in [0.717, 1.165) is 12.1 Å². The number of carbonyl (C=O) groups is 1. The molecule has 134 valence electrons. The van der Waals surface area contributed by atoms with Gasteiger partial charge < -0.3 is 15.4 Å². The fourth-order valence-corrected chi connectivity index (χ4v) is 2.41. The van der Waals surface area contributed by atoms with E-state index in [1.807, 2.05) is 0 Å². The summed E-state index contributed by atoms with van der Waals surface area (Å²) in [4.78, 5) is 11.8. The normalized spacial score (nSPS) is 11.3. The van der Waals surface area contributed by atoms with Gasteiger partial charge in [0.15, 0.2) is 0 Å². The number of ether oxygens (including phenoxy) is 1. The molecule has 0 spiro atoms. The van der Waals surface area contributed by atoms with E-state index in [4.69, 9.17) is 14.6 Å². The summed E-state index contributed by atoms with van der Waals surface area (Å²) in [6, 6.07) is 13.6. The van der Waals surface area contributed by atoms with E-state index in [0.29, 0.717) is 11.4 Å². The third-order valence-electron chi connectivity index (χ3n) is 3.23. The van der Waals surface area contributed by atoms with Gasteiger partial charge in [-0.3, -0.25) is 9.35 Å². The highest BCUT2D eigenvalue weighted by Crippen LogP contribution is 2.17. The Kier molecular flexibility index (Phi) is 5.95. The topological polar surface area (TPSA) is 129 Å². The van der Waals surface area contributed by atoms with Crippen molar-refractivity contribution in [2.75, 3.05) is 17.7 Å². The van der Waals surface area contributed by atoms with Gasteiger partial charge in [-0.2, -0.15) is 13.7 Å². The number of nitrogens with zero attached hydrogens (tertiary/aromatic N) is 1. The molecule has 0 fully saturated rings. The maximum atomic E-state index is 12.1. The summed E-state index contributed by atoms with van der Waals surface area (Å²) in [5.41, 5.74) is 0.707. The van der Waals surface area contributed by atoms with Gasteiger partial charge in [-0.1, -0.05) is 6.07 Å². The van der Waals surface area contributed by atoms with Crippen LogP contribution in [0.4, 0.5) is 11.4 Å². The summed E-state index contributed by atoms with van der Waals surface area (Å²) >= 11 is 0. The molecule has 1 amide bonds. The maximum absolute atomic E-state index is 12.1. The Hall–Kier alpha value is -3.35. The van der Waals surface area contributed by atoms with Gasteiger partial charge in [0.05, 0.1) is 12.0 Å². The highest BCUT2D eigenvalue weighted by molar-refractivity contribution is 7.85. The molecule has 0 saturated heterocycles. The van der Waals surface area contributed by atoms with E-state index >= 15 is 0 Å². The third-order valence-corrected chi connectivity index (χ3v) is 4.10. The minimum absolute atomic E-state index is 0.188. The Balaban J connectivity index is 2.09. The fourth-order valence-electron chi connectivity index (χ4n) is 1.93. The molecule has 0 bridgehead atoms. The molecular formula is C17H15N3O5S. The summed E-state index contributed by atoms with van der Waals surface area (Å²) in [5.74, 6) is -0.0622. The van der Waals surface area contributed by atoms with Crippen LogP contribution >= 0.6 is 0 Å². The lowest BCUT2D eigenvalue weighted by Gasteiger charge is -2.07. The molecule has 0 aliphatic carbocycles. The first-order chi connectivity index (χ1) is 12.3. The van der Waals surface area contributed by atoms with Crippen molar-refractivity contribution in [2.45, 2.75) is 4.90 Å². The minimum atomic E-state index is -4.31. The van der Waals surface area contributed by atoms with Crippen LogP contribution in [0.1, 0.15) is 0 Å². The zero-order valence-corrected chi connectivity index (χ0v) is 14.4. The second-order valence-electron chi connectivity index (χ2n) is 5.00. The van der Waals surface area contributed by atoms with Crippen LogP contribution in [0.3, 0.4) is 0 Å². The van der Waals surface area contributed by atoms with Gasteiger partial charge in [0.1, 0.15) is 17.4 Å². The van der Waals surface area contributed by atoms with Crippen molar-refractivity contribution < 1.29 is 22.5 Å². The average Bonchev–Trinajstić information content (AvgIpc) is 2.62. The highest BCUT2D eigenvalue weighted by atomic mass is 32.2. The first-order valence-electron chi connectivity index (χ1n) is 7.23. The smallest absolute Gasteiger partial charge is 0.294 e. The molecule has 9 heteroatoms. The predicted molar refractivity (Wildman–Crippen MR) is 95.2 cm³/mol. The van der Waals surface area contributed by atoms with Crippen molar-refractivity contribution >= 4 is 27.4 Å². The van der Waals surface area contributed by atoms with Crippen LogP contribution in [0.25, 0.3) is 0 Å². The largest absolute Gasteiger partial charge is 0.497 e. The van der Waals surface area contributed by atoms with Gasteiger partial charge in [-0.05, 0) is 36.4 Å². The summed E-state index contributed by atoms with van der Waals surface area (Å²) in [6.45, 7) is 0. The van der Waals surface area contributed by atoms with E-state index in [2.05, 4.69) is 10.6 Å². The number of hydrogen-bond donors (Lipinski definition) is 3. The van der Waals surface area contributed by atoms with Gasteiger partial charge in [0.2, 0.25) is 0 Å². The molecule has 3 N–H and O–H groups in total. The number of nitriles is 1. The van der Waals surface area contributed by atoms with E-state index in [1.54, 1.807) is 30.3 Å². The molecule has 8 nitrogen and oxygen atoms in total. The summed E-state index contributed by atoms with van der Waals surface area (Å²) in [5, 5.41) is 14.4. The summed E-state index contributed by atoms with van der Waals surface area (Å²) in [7, 11) is -2.79. The van der Waals surface area contributed by atoms with Crippen LogP contribution in [-0.4, -0.2) is 26.0 Å². The van der Waals surface area contributed by atoms with Crippen LogP contribution in [0.5, 0.6) is 5.75 Å². The molecule has 2 aromatic carbocycles. The molecule has 2 aromatic rings. The lowest BCUT2D eigenvalue weighted by molar-refractivity contribution is -0.112. The van der Waals surface area contributed by atoms with Gasteiger partial charge in [0.25, 0.3) is 16.0 Å². The van der Waals surface area contributed by atoms with E-state index in [-0.39, 0.29) is 16.2 Å². The minimum Gasteiger partial charge on any atom is -0.497 e. The van der Waals surface area contributed by atoms with Crippen LogP contribution < -0.4 is 15.4 Å². The first-order valence-corrected chi connectivity index (χ1v) is 8.67. The zero-order chi connectivity index (χ0) is 19.2. The van der Waals surface area contributed by atoms with Crippen LogP contribution in [-0.2, 0) is 14.9 Å². The monoisotopic (exact) mass is 373 g/mol. The first kappa shape index (κ1) is 19.0. The summed E-state index contributed by atoms with van der Waals surface area (Å²) in [6.07, 6.45) is 1.25. The maximum Gasteiger partial charge on any atom is 0.294 e. The number of hydrogen-bond acceptors (Lipinski definition) is 6. The highest BCUT2D eigenvalue weighted by Gasteiger charge is 2.12. The Labute approximate surface area is 150 Å². The second kappa shape index (κ2) is 8.15. The van der Waals surface area contributed by atoms with E-state index in [9.17, 15) is 13.2 Å². The number of methoxy groups -OCH3 is 1. The predicted octanol–water partition coefficient (Wildman–Crippen LogP) is 2.40. The molecule has 0 heterocycles. The van der Waals surface area contributed by atoms with Crippen LogP contribution in [0, 0.1) is 11.3 Å². The number of nitrogens with one attached hydrogen (secondary N) is 2. The zero-order valence-electron chi connectivity index (χ0n) is 13.6.